The number of benzene rings is 2. The third-order valence-electron chi connectivity index (χ3n) is 5.21. The van der Waals surface area contributed by atoms with E-state index in [0.29, 0.717) is 22.4 Å². The van der Waals surface area contributed by atoms with Crippen molar-refractivity contribution in [2.24, 2.45) is 0 Å². The van der Waals surface area contributed by atoms with Gasteiger partial charge in [0.15, 0.2) is 0 Å². The van der Waals surface area contributed by atoms with E-state index in [1.807, 2.05) is 30.3 Å². The molecule has 2 N–H and O–H groups in total. The molecule has 2 aromatic heterocycles. The van der Waals surface area contributed by atoms with Crippen molar-refractivity contribution in [1.29, 1.82) is 0 Å². The summed E-state index contributed by atoms with van der Waals surface area (Å²) in [6.45, 7) is 1.34. The van der Waals surface area contributed by atoms with E-state index in [-0.39, 0.29) is 18.2 Å². The number of aryl methyl sites for hydroxylation is 2. The smallest absolute Gasteiger partial charge is 0.308 e. The van der Waals surface area contributed by atoms with Crippen LogP contribution in [-0.4, -0.2) is 38.2 Å². The summed E-state index contributed by atoms with van der Waals surface area (Å²) < 4.78 is 4.99. The van der Waals surface area contributed by atoms with Crippen LogP contribution in [0.3, 0.4) is 0 Å². The summed E-state index contributed by atoms with van der Waals surface area (Å²) in [6, 6.07) is 16.3. The molecule has 0 aliphatic carbocycles. The summed E-state index contributed by atoms with van der Waals surface area (Å²) >= 11 is 2.74. The molecule has 2 aromatic carbocycles. The number of carbonyl (C=O) groups excluding carboxylic acids is 3. The van der Waals surface area contributed by atoms with Crippen molar-refractivity contribution >= 4 is 50.7 Å². The van der Waals surface area contributed by atoms with Crippen LogP contribution in [0.2, 0.25) is 0 Å². The van der Waals surface area contributed by atoms with Gasteiger partial charge >= 0.3 is 5.97 Å². The second kappa shape index (κ2) is 13.5. The molecule has 0 saturated heterocycles. The van der Waals surface area contributed by atoms with Gasteiger partial charge in [0.05, 0.1) is 12.8 Å². The van der Waals surface area contributed by atoms with Gasteiger partial charge in [-0.05, 0) is 36.1 Å². The number of unbranched alkanes of at least 4 members (excludes halogenated alkanes) is 1. The molecule has 0 unspecified atom stereocenters. The number of nitrogens with one attached hydrogen (secondary N) is 2. The molecule has 2 amide bonds. The van der Waals surface area contributed by atoms with Crippen molar-refractivity contribution in [1.82, 2.24) is 20.4 Å². The Morgan fingerprint density at radius 3 is 1.71 bits per heavy atom. The molecule has 10 nitrogen and oxygen atoms in total. The lowest BCUT2D eigenvalue weighted by Crippen LogP contribution is -2.14. The van der Waals surface area contributed by atoms with E-state index in [0.717, 1.165) is 46.8 Å². The van der Waals surface area contributed by atoms with Gasteiger partial charge in [-0.25, -0.2) is 0 Å². The van der Waals surface area contributed by atoms with E-state index in [1.165, 1.54) is 29.6 Å². The van der Waals surface area contributed by atoms with Crippen LogP contribution in [0.25, 0.3) is 0 Å². The van der Waals surface area contributed by atoms with Gasteiger partial charge in [-0.15, -0.1) is 20.4 Å². The van der Waals surface area contributed by atoms with Gasteiger partial charge in [-0.3, -0.25) is 14.4 Å². The normalized spacial score (nSPS) is 10.7. The largest absolute Gasteiger partial charge is 0.427 e. The Labute approximate surface area is 227 Å². The second-order valence-electron chi connectivity index (χ2n) is 8.38. The Hall–Kier alpha value is -4.03. The average molecular weight is 551 g/mol. The van der Waals surface area contributed by atoms with Gasteiger partial charge in [0.25, 0.3) is 0 Å². The number of anilines is 2. The summed E-state index contributed by atoms with van der Waals surface area (Å²) in [5.41, 5.74) is 1.74. The predicted octanol–water partition coefficient (Wildman–Crippen LogP) is 4.24. The molecule has 0 bridgehead atoms. The Morgan fingerprint density at radius 2 is 1.21 bits per heavy atom. The third kappa shape index (κ3) is 8.82. The first-order valence-electron chi connectivity index (χ1n) is 12.0. The summed E-state index contributed by atoms with van der Waals surface area (Å²) in [7, 11) is 0. The highest BCUT2D eigenvalue weighted by Gasteiger charge is 2.11. The lowest BCUT2D eigenvalue weighted by molar-refractivity contribution is -0.132. The number of amides is 2. The summed E-state index contributed by atoms with van der Waals surface area (Å²) in [5.74, 6) is -0.268. The van der Waals surface area contributed by atoms with E-state index in [2.05, 4.69) is 31.0 Å². The molecule has 0 atom stereocenters. The molecule has 0 aliphatic heterocycles. The highest BCUT2D eigenvalue weighted by molar-refractivity contribution is 7.15. The summed E-state index contributed by atoms with van der Waals surface area (Å²) in [5, 5.41) is 24.7. The van der Waals surface area contributed by atoms with E-state index >= 15 is 0 Å². The molecule has 196 valence electrons. The minimum Gasteiger partial charge on any atom is -0.427 e. The molecule has 4 aromatic rings. The Kier molecular flexibility index (Phi) is 9.59. The molecule has 0 spiro atoms. The lowest BCUT2D eigenvalue weighted by Gasteiger charge is -2.04. The zero-order chi connectivity index (χ0) is 26.7. The maximum atomic E-state index is 12.3. The van der Waals surface area contributed by atoms with Crippen LogP contribution in [0.15, 0.2) is 54.6 Å². The lowest BCUT2D eigenvalue weighted by atomic mass is 10.1. The zero-order valence-electron chi connectivity index (χ0n) is 20.7. The summed E-state index contributed by atoms with van der Waals surface area (Å²) in [4.78, 5) is 35.5. The first kappa shape index (κ1) is 27.0. The number of nitrogens with zero attached hydrogens (tertiary/aromatic N) is 4. The molecule has 38 heavy (non-hydrogen) atoms. The number of hydrogen-bond donors (Lipinski definition) is 2. The first-order valence-corrected chi connectivity index (χ1v) is 13.6. The number of carbonyl (C=O) groups is 3. The van der Waals surface area contributed by atoms with Crippen molar-refractivity contribution in [3.63, 3.8) is 0 Å². The minimum absolute atomic E-state index is 0.116. The SMILES string of the molecule is CC(=O)Oc1ccc(CC(=O)Nc2nnc(CCCCc3nnc(NC(=O)Cc4ccccc4)s3)s2)cc1. The zero-order valence-corrected chi connectivity index (χ0v) is 22.3. The van der Waals surface area contributed by atoms with Gasteiger partial charge in [0.2, 0.25) is 22.1 Å². The molecular weight excluding hydrogens is 524 g/mol. The van der Waals surface area contributed by atoms with E-state index in [4.69, 9.17) is 4.74 Å². The standard InChI is InChI=1S/C26H26N6O4S2/c1-17(33)36-20-13-11-19(12-14-20)16-22(35)28-26-32-30-24(38-26)10-6-5-9-23-29-31-25(37-23)27-21(34)15-18-7-3-2-4-8-18/h2-4,7-8,11-14H,5-6,9-10,15-16H2,1H3,(H,27,31,34)(H,28,32,35). The van der Waals surface area contributed by atoms with Crippen LogP contribution < -0.4 is 15.4 Å². The number of esters is 1. The Bertz CT molecular complexity index is 1370. The predicted molar refractivity (Wildman–Crippen MR) is 145 cm³/mol. The topological polar surface area (TPSA) is 136 Å². The molecule has 2 heterocycles. The number of rotatable bonds is 12. The van der Waals surface area contributed by atoms with Crippen molar-refractivity contribution in [2.75, 3.05) is 10.6 Å². The molecule has 4 rings (SSSR count). The molecular formula is C26H26N6O4S2. The molecule has 0 aliphatic rings. The molecule has 0 fully saturated rings. The van der Waals surface area contributed by atoms with Gasteiger partial charge in [0.1, 0.15) is 15.8 Å². The van der Waals surface area contributed by atoms with E-state index in [1.54, 1.807) is 24.3 Å². The second-order valence-corrected chi connectivity index (χ2v) is 10.5. The monoisotopic (exact) mass is 550 g/mol. The average Bonchev–Trinajstić information content (AvgIpc) is 3.52. The third-order valence-corrected chi connectivity index (χ3v) is 7.01. The first-order chi connectivity index (χ1) is 18.4. The van der Waals surface area contributed by atoms with Crippen molar-refractivity contribution in [2.45, 2.75) is 45.4 Å². The Balaban J connectivity index is 1.14. The van der Waals surface area contributed by atoms with Crippen LogP contribution in [0.1, 0.15) is 40.9 Å². The fourth-order valence-corrected chi connectivity index (χ4v) is 5.09. The molecule has 12 heteroatoms. The Morgan fingerprint density at radius 1 is 0.711 bits per heavy atom. The fraction of sp³-hybridized carbons (Fsp3) is 0.269. The van der Waals surface area contributed by atoms with Crippen LogP contribution in [0, 0.1) is 0 Å². The van der Waals surface area contributed by atoms with Gasteiger partial charge in [-0.1, -0.05) is 65.1 Å². The van der Waals surface area contributed by atoms with Crippen LogP contribution >= 0.6 is 22.7 Å². The van der Waals surface area contributed by atoms with Gasteiger partial charge in [0, 0.05) is 19.8 Å². The maximum absolute atomic E-state index is 12.3. The van der Waals surface area contributed by atoms with Gasteiger partial charge in [-0.2, -0.15) is 0 Å². The number of hydrogen-bond acceptors (Lipinski definition) is 10. The van der Waals surface area contributed by atoms with Crippen molar-refractivity contribution in [3.05, 3.63) is 75.7 Å². The number of aromatic nitrogens is 4. The van der Waals surface area contributed by atoms with Crippen LogP contribution in [-0.2, 0) is 40.1 Å². The highest BCUT2D eigenvalue weighted by atomic mass is 32.1. The van der Waals surface area contributed by atoms with Crippen molar-refractivity contribution < 1.29 is 19.1 Å². The number of ether oxygens (including phenoxy) is 1. The summed E-state index contributed by atoms with van der Waals surface area (Å²) in [6.07, 6.45) is 3.73. The van der Waals surface area contributed by atoms with E-state index in [9.17, 15) is 14.4 Å². The highest BCUT2D eigenvalue weighted by Crippen LogP contribution is 2.21. The fourth-order valence-electron chi connectivity index (χ4n) is 3.50. The van der Waals surface area contributed by atoms with Crippen LogP contribution in [0.5, 0.6) is 5.75 Å². The molecule has 0 saturated carbocycles. The molecule has 0 radical (unpaired) electrons. The van der Waals surface area contributed by atoms with E-state index < -0.39 is 5.97 Å². The maximum Gasteiger partial charge on any atom is 0.308 e. The quantitative estimate of drug-likeness (QED) is 0.152. The minimum atomic E-state index is -0.392. The van der Waals surface area contributed by atoms with Crippen LogP contribution in [0.4, 0.5) is 10.3 Å². The van der Waals surface area contributed by atoms with Gasteiger partial charge < -0.3 is 15.4 Å². The van der Waals surface area contributed by atoms with Crippen molar-refractivity contribution in [3.8, 4) is 5.75 Å².